The van der Waals surface area contributed by atoms with Crippen molar-refractivity contribution >= 4 is 0 Å². The van der Waals surface area contributed by atoms with Gasteiger partial charge in [-0.3, -0.25) is 4.90 Å². The molecule has 1 fully saturated rings. The standard InChI is InChI=1S/C16H23F3N2O/c1-3-4-15(21-9-7-20-8-10-21)13-6-5-12(22-2)11-14(13)16(17,18)19/h5-6,11,15,20H,3-4,7-10H2,1-2H3/t15-/m1/s1. The lowest BCUT2D eigenvalue weighted by Gasteiger charge is -2.36. The molecule has 2 rings (SSSR count). The summed E-state index contributed by atoms with van der Waals surface area (Å²) in [6.45, 7) is 5.18. The summed E-state index contributed by atoms with van der Waals surface area (Å²) in [5.74, 6) is 0.242. The van der Waals surface area contributed by atoms with Crippen LogP contribution in [0.2, 0.25) is 0 Å². The van der Waals surface area contributed by atoms with Gasteiger partial charge in [-0.1, -0.05) is 19.4 Å². The number of piperazine rings is 1. The van der Waals surface area contributed by atoms with Gasteiger partial charge in [0, 0.05) is 32.2 Å². The smallest absolute Gasteiger partial charge is 0.416 e. The molecule has 0 radical (unpaired) electrons. The molecule has 0 aromatic heterocycles. The molecule has 1 atom stereocenters. The fraction of sp³-hybridized carbons (Fsp3) is 0.625. The molecule has 1 N–H and O–H groups in total. The molecule has 0 saturated carbocycles. The van der Waals surface area contributed by atoms with Gasteiger partial charge < -0.3 is 10.1 Å². The van der Waals surface area contributed by atoms with Crippen LogP contribution in [0.1, 0.15) is 36.9 Å². The molecule has 1 aliphatic heterocycles. The maximum atomic E-state index is 13.4. The highest BCUT2D eigenvalue weighted by atomic mass is 19.4. The highest BCUT2D eigenvalue weighted by Crippen LogP contribution is 2.39. The van der Waals surface area contributed by atoms with Crippen LogP contribution >= 0.6 is 0 Å². The maximum absolute atomic E-state index is 13.4. The van der Waals surface area contributed by atoms with E-state index in [-0.39, 0.29) is 11.8 Å². The van der Waals surface area contributed by atoms with Crippen molar-refractivity contribution in [1.29, 1.82) is 0 Å². The van der Waals surface area contributed by atoms with Crippen molar-refractivity contribution < 1.29 is 17.9 Å². The summed E-state index contributed by atoms with van der Waals surface area (Å²) >= 11 is 0. The number of nitrogens with zero attached hydrogens (tertiary/aromatic N) is 1. The average molecular weight is 316 g/mol. The van der Waals surface area contributed by atoms with Crippen molar-refractivity contribution in [3.05, 3.63) is 29.3 Å². The largest absolute Gasteiger partial charge is 0.497 e. The van der Waals surface area contributed by atoms with Crippen molar-refractivity contribution in [2.75, 3.05) is 33.3 Å². The Labute approximate surface area is 129 Å². The number of nitrogens with one attached hydrogen (secondary N) is 1. The van der Waals surface area contributed by atoms with E-state index in [9.17, 15) is 13.2 Å². The first-order valence-electron chi connectivity index (χ1n) is 7.67. The van der Waals surface area contributed by atoms with Crippen LogP contribution in [0, 0.1) is 0 Å². The van der Waals surface area contributed by atoms with E-state index in [4.69, 9.17) is 4.74 Å². The first-order valence-corrected chi connectivity index (χ1v) is 7.67. The summed E-state index contributed by atoms with van der Waals surface area (Å²) in [6.07, 6.45) is -2.81. The van der Waals surface area contributed by atoms with Gasteiger partial charge in [-0.05, 0) is 24.1 Å². The van der Waals surface area contributed by atoms with Gasteiger partial charge in [-0.25, -0.2) is 0 Å². The van der Waals surface area contributed by atoms with Gasteiger partial charge in [-0.2, -0.15) is 13.2 Å². The number of hydrogen-bond donors (Lipinski definition) is 1. The molecule has 1 aliphatic rings. The summed E-state index contributed by atoms with van der Waals surface area (Å²) in [6, 6.07) is 4.11. The zero-order valence-electron chi connectivity index (χ0n) is 13.0. The Morgan fingerprint density at radius 3 is 2.50 bits per heavy atom. The summed E-state index contributed by atoms with van der Waals surface area (Å²) in [7, 11) is 1.38. The van der Waals surface area contributed by atoms with Gasteiger partial charge in [0.05, 0.1) is 12.7 Å². The lowest BCUT2D eigenvalue weighted by molar-refractivity contribution is -0.139. The number of hydrogen-bond acceptors (Lipinski definition) is 3. The minimum Gasteiger partial charge on any atom is -0.497 e. The first-order chi connectivity index (χ1) is 10.5. The van der Waals surface area contributed by atoms with E-state index in [1.165, 1.54) is 7.11 Å². The molecule has 0 unspecified atom stereocenters. The second kappa shape index (κ2) is 7.33. The highest BCUT2D eigenvalue weighted by Gasteiger charge is 2.37. The van der Waals surface area contributed by atoms with Crippen LogP contribution in [0.15, 0.2) is 18.2 Å². The number of methoxy groups -OCH3 is 1. The molecule has 3 nitrogen and oxygen atoms in total. The Kier molecular flexibility index (Phi) is 5.69. The fourth-order valence-electron chi connectivity index (χ4n) is 3.00. The van der Waals surface area contributed by atoms with Gasteiger partial charge in [-0.15, -0.1) is 0 Å². The van der Waals surface area contributed by atoms with Crippen molar-refractivity contribution in [2.24, 2.45) is 0 Å². The summed E-state index contributed by atoms with van der Waals surface area (Å²) < 4.78 is 45.3. The van der Waals surface area contributed by atoms with Crippen LogP contribution < -0.4 is 10.1 Å². The molecule has 0 aliphatic carbocycles. The Balaban J connectivity index is 2.41. The average Bonchev–Trinajstić information content (AvgIpc) is 2.52. The predicted octanol–water partition coefficient (Wildman–Crippen LogP) is 3.46. The van der Waals surface area contributed by atoms with E-state index >= 15 is 0 Å². The van der Waals surface area contributed by atoms with Crippen LogP contribution in [0.4, 0.5) is 13.2 Å². The third kappa shape index (κ3) is 3.93. The van der Waals surface area contributed by atoms with Crippen LogP contribution in [0.5, 0.6) is 5.75 Å². The highest BCUT2D eigenvalue weighted by molar-refractivity contribution is 5.39. The number of benzene rings is 1. The van der Waals surface area contributed by atoms with Gasteiger partial charge in [0.1, 0.15) is 5.75 Å². The van der Waals surface area contributed by atoms with Crippen LogP contribution in [-0.4, -0.2) is 38.2 Å². The SMILES string of the molecule is CCC[C@H](c1ccc(OC)cc1C(F)(F)F)N1CCNCC1. The van der Waals surface area contributed by atoms with Gasteiger partial charge in [0.2, 0.25) is 0 Å². The first kappa shape index (κ1) is 17.1. The molecule has 0 spiro atoms. The van der Waals surface area contributed by atoms with Gasteiger partial charge in [0.25, 0.3) is 0 Å². The van der Waals surface area contributed by atoms with Crippen LogP contribution in [-0.2, 0) is 6.18 Å². The number of rotatable bonds is 5. The van der Waals surface area contributed by atoms with E-state index in [2.05, 4.69) is 10.2 Å². The molecule has 0 bridgehead atoms. The number of ether oxygens (including phenoxy) is 1. The molecule has 1 saturated heterocycles. The van der Waals surface area contributed by atoms with Crippen molar-refractivity contribution in [3.63, 3.8) is 0 Å². The van der Waals surface area contributed by atoms with Crippen molar-refractivity contribution in [1.82, 2.24) is 10.2 Å². The van der Waals surface area contributed by atoms with E-state index in [0.29, 0.717) is 5.56 Å². The topological polar surface area (TPSA) is 24.5 Å². The molecular formula is C16H23F3N2O. The van der Waals surface area contributed by atoms with Crippen molar-refractivity contribution in [2.45, 2.75) is 32.0 Å². The second-order valence-electron chi connectivity index (χ2n) is 5.54. The molecular weight excluding hydrogens is 293 g/mol. The monoisotopic (exact) mass is 316 g/mol. The second-order valence-corrected chi connectivity index (χ2v) is 5.54. The number of halogens is 3. The summed E-state index contributed by atoms with van der Waals surface area (Å²) in [5.41, 5.74) is -0.221. The van der Waals surface area contributed by atoms with Crippen molar-refractivity contribution in [3.8, 4) is 5.75 Å². The Hall–Kier alpha value is -1.27. The lowest BCUT2D eigenvalue weighted by Crippen LogP contribution is -2.45. The minimum atomic E-state index is -4.37. The molecule has 22 heavy (non-hydrogen) atoms. The van der Waals surface area contributed by atoms with E-state index in [0.717, 1.165) is 45.1 Å². The summed E-state index contributed by atoms with van der Waals surface area (Å²) in [4.78, 5) is 2.15. The molecule has 1 aromatic carbocycles. The molecule has 1 aromatic rings. The quantitative estimate of drug-likeness (QED) is 0.900. The normalized spacial score (nSPS) is 18.2. The van der Waals surface area contributed by atoms with Crippen LogP contribution in [0.25, 0.3) is 0 Å². The Morgan fingerprint density at radius 1 is 1.27 bits per heavy atom. The molecule has 1 heterocycles. The molecule has 124 valence electrons. The third-order valence-corrected chi connectivity index (χ3v) is 4.08. The lowest BCUT2D eigenvalue weighted by atomic mass is 9.94. The number of alkyl halides is 3. The van der Waals surface area contributed by atoms with E-state index < -0.39 is 11.7 Å². The van der Waals surface area contributed by atoms with Crippen LogP contribution in [0.3, 0.4) is 0 Å². The Morgan fingerprint density at radius 2 is 1.95 bits per heavy atom. The zero-order chi connectivity index (χ0) is 16.2. The van der Waals surface area contributed by atoms with Gasteiger partial charge >= 0.3 is 6.18 Å². The fourth-order valence-corrected chi connectivity index (χ4v) is 3.00. The van der Waals surface area contributed by atoms with Gasteiger partial charge in [0.15, 0.2) is 0 Å². The third-order valence-electron chi connectivity index (χ3n) is 4.08. The molecule has 6 heteroatoms. The van der Waals surface area contributed by atoms with E-state index in [1.807, 2.05) is 6.92 Å². The summed E-state index contributed by atoms with van der Waals surface area (Å²) in [5, 5.41) is 3.24. The maximum Gasteiger partial charge on any atom is 0.416 e. The Bertz CT molecular complexity index is 485. The van der Waals surface area contributed by atoms with E-state index in [1.54, 1.807) is 12.1 Å². The molecule has 0 amide bonds. The zero-order valence-corrected chi connectivity index (χ0v) is 13.0. The predicted molar refractivity (Wildman–Crippen MR) is 80.1 cm³/mol. The minimum absolute atomic E-state index is 0.199.